The summed E-state index contributed by atoms with van der Waals surface area (Å²) in [4.78, 5) is 17.3. The van der Waals surface area contributed by atoms with Crippen molar-refractivity contribution in [3.05, 3.63) is 59.9 Å². The maximum absolute atomic E-state index is 13.2. The van der Waals surface area contributed by atoms with Crippen molar-refractivity contribution >= 4 is 5.91 Å². The predicted octanol–water partition coefficient (Wildman–Crippen LogP) is 1.75. The smallest absolute Gasteiger partial charge is 0.253 e. The maximum atomic E-state index is 13.2. The number of nitrogens with zero attached hydrogens (tertiary/aromatic N) is 3. The fourth-order valence-corrected chi connectivity index (χ4v) is 3.72. The van der Waals surface area contributed by atoms with E-state index in [0.717, 1.165) is 18.7 Å². The van der Waals surface area contributed by atoms with E-state index in [1.54, 1.807) is 0 Å². The lowest BCUT2D eigenvalue weighted by Gasteiger charge is -2.40. The average molecular weight is 325 g/mol. The third kappa shape index (κ3) is 2.74. The van der Waals surface area contributed by atoms with Crippen molar-refractivity contribution in [1.82, 2.24) is 14.4 Å². The fourth-order valence-electron chi connectivity index (χ4n) is 3.72. The summed E-state index contributed by atoms with van der Waals surface area (Å²) in [5.41, 5.74) is 2.32. The first-order valence-electron chi connectivity index (χ1n) is 8.54. The molecule has 0 aliphatic carbocycles. The van der Waals surface area contributed by atoms with Gasteiger partial charge in [-0.25, -0.2) is 0 Å². The second kappa shape index (κ2) is 6.42. The van der Waals surface area contributed by atoms with E-state index in [0.29, 0.717) is 19.7 Å². The first-order chi connectivity index (χ1) is 11.7. The summed E-state index contributed by atoms with van der Waals surface area (Å²) >= 11 is 0. The number of ether oxygens (including phenoxy) is 1. The van der Waals surface area contributed by atoms with Crippen LogP contribution in [0.3, 0.4) is 0 Å². The fraction of sp³-hybridized carbons (Fsp3) is 0.421. The lowest BCUT2D eigenvalue weighted by atomic mass is 9.99. The van der Waals surface area contributed by atoms with Gasteiger partial charge < -0.3 is 19.1 Å². The van der Waals surface area contributed by atoms with Crippen LogP contribution in [0.5, 0.6) is 0 Å². The maximum Gasteiger partial charge on any atom is 0.253 e. The van der Waals surface area contributed by atoms with Gasteiger partial charge in [0.15, 0.2) is 0 Å². The average Bonchev–Trinajstić information content (AvgIpc) is 3.09. The van der Waals surface area contributed by atoms with Crippen LogP contribution in [-0.4, -0.2) is 59.7 Å². The Morgan fingerprint density at radius 3 is 2.71 bits per heavy atom. The summed E-state index contributed by atoms with van der Waals surface area (Å²) in [5.74, 6) is 0.0999. The third-order valence-corrected chi connectivity index (χ3v) is 4.98. The molecule has 4 rings (SSSR count). The van der Waals surface area contributed by atoms with Gasteiger partial charge in [0.05, 0.1) is 12.6 Å². The Morgan fingerprint density at radius 2 is 1.92 bits per heavy atom. The Hall–Kier alpha value is -2.11. The van der Waals surface area contributed by atoms with Crippen molar-refractivity contribution in [2.75, 3.05) is 33.3 Å². The van der Waals surface area contributed by atoms with E-state index in [4.69, 9.17) is 4.74 Å². The number of hydrogen-bond acceptors (Lipinski definition) is 3. The van der Waals surface area contributed by atoms with Crippen LogP contribution in [0.25, 0.3) is 0 Å². The highest BCUT2D eigenvalue weighted by Gasteiger charge is 2.37. The molecule has 0 unspecified atom stereocenters. The number of carbonyl (C=O) groups is 1. The molecule has 1 aromatic heterocycles. The zero-order chi connectivity index (χ0) is 16.5. The minimum Gasteiger partial charge on any atom is -0.366 e. The molecule has 1 fully saturated rings. The molecule has 5 heteroatoms. The molecule has 0 N–H and O–H groups in total. The summed E-state index contributed by atoms with van der Waals surface area (Å²) < 4.78 is 8.02. The Bertz CT molecular complexity index is 712. The van der Waals surface area contributed by atoms with E-state index in [1.807, 2.05) is 30.1 Å². The van der Waals surface area contributed by atoms with E-state index in [2.05, 4.69) is 39.9 Å². The van der Waals surface area contributed by atoms with Crippen LogP contribution in [-0.2, 0) is 16.1 Å². The van der Waals surface area contributed by atoms with E-state index >= 15 is 0 Å². The monoisotopic (exact) mass is 325 g/mol. The van der Waals surface area contributed by atoms with Gasteiger partial charge in [-0.15, -0.1) is 0 Å². The van der Waals surface area contributed by atoms with Gasteiger partial charge in [0.1, 0.15) is 6.10 Å². The zero-order valence-electron chi connectivity index (χ0n) is 14.0. The second-order valence-corrected chi connectivity index (χ2v) is 6.59. The Kier molecular flexibility index (Phi) is 4.12. The molecule has 1 saturated heterocycles. The molecule has 1 amide bonds. The third-order valence-electron chi connectivity index (χ3n) is 4.98. The second-order valence-electron chi connectivity index (χ2n) is 6.59. The van der Waals surface area contributed by atoms with E-state index in [9.17, 15) is 4.79 Å². The van der Waals surface area contributed by atoms with Crippen molar-refractivity contribution in [1.29, 1.82) is 0 Å². The molecule has 2 aromatic rings. The highest BCUT2D eigenvalue weighted by atomic mass is 16.5. The standard InChI is InChI=1S/C19H23N3O2/c1-20-12-13-24-17(14-20)19(23)22-11-10-21-9-5-8-16(21)18(22)15-6-3-2-4-7-15/h2-9,17-18H,10-14H2,1H3/t17-,18-/m1/s1. The molecule has 2 atom stereocenters. The molecule has 0 radical (unpaired) electrons. The van der Waals surface area contributed by atoms with Crippen LogP contribution in [0.2, 0.25) is 0 Å². The summed E-state index contributed by atoms with van der Waals surface area (Å²) in [6.07, 6.45) is 1.73. The number of morpholine rings is 1. The van der Waals surface area contributed by atoms with Gasteiger partial charge in [-0.2, -0.15) is 0 Å². The van der Waals surface area contributed by atoms with Crippen LogP contribution < -0.4 is 0 Å². The molecule has 2 aliphatic rings. The van der Waals surface area contributed by atoms with Crippen LogP contribution in [0, 0.1) is 0 Å². The molecule has 24 heavy (non-hydrogen) atoms. The summed E-state index contributed by atoms with van der Waals surface area (Å²) in [5, 5.41) is 0. The van der Waals surface area contributed by atoms with Crippen molar-refractivity contribution in [2.24, 2.45) is 0 Å². The number of likely N-dealkylation sites (N-methyl/N-ethyl adjacent to an activating group) is 1. The first kappa shape index (κ1) is 15.4. The van der Waals surface area contributed by atoms with E-state index < -0.39 is 0 Å². The van der Waals surface area contributed by atoms with Gasteiger partial charge in [-0.05, 0) is 24.7 Å². The normalized spacial score (nSPS) is 24.6. The number of hydrogen-bond donors (Lipinski definition) is 0. The number of rotatable bonds is 2. The molecule has 0 bridgehead atoms. The molecule has 3 heterocycles. The predicted molar refractivity (Wildman–Crippen MR) is 91.7 cm³/mol. The van der Waals surface area contributed by atoms with Crippen molar-refractivity contribution in [2.45, 2.75) is 18.7 Å². The van der Waals surface area contributed by atoms with Crippen molar-refractivity contribution in [3.63, 3.8) is 0 Å². The van der Waals surface area contributed by atoms with E-state index in [1.165, 1.54) is 5.69 Å². The molecule has 0 saturated carbocycles. The lowest BCUT2D eigenvalue weighted by molar-refractivity contribution is -0.151. The SMILES string of the molecule is CN1CCO[C@@H](C(=O)N2CCn3cccc3[C@H]2c2ccccc2)C1. The minimum absolute atomic E-state index is 0.0433. The van der Waals surface area contributed by atoms with Crippen LogP contribution in [0.4, 0.5) is 0 Å². The van der Waals surface area contributed by atoms with Gasteiger partial charge in [-0.3, -0.25) is 4.79 Å². The molecule has 1 aromatic carbocycles. The highest BCUT2D eigenvalue weighted by Crippen LogP contribution is 2.33. The largest absolute Gasteiger partial charge is 0.366 e. The van der Waals surface area contributed by atoms with Gasteiger partial charge in [0, 0.05) is 38.1 Å². The number of amides is 1. The number of fused-ring (bicyclic) bond motifs is 1. The van der Waals surface area contributed by atoms with Gasteiger partial charge >= 0.3 is 0 Å². The zero-order valence-corrected chi connectivity index (χ0v) is 14.0. The van der Waals surface area contributed by atoms with Gasteiger partial charge in [-0.1, -0.05) is 30.3 Å². The Balaban J connectivity index is 1.67. The van der Waals surface area contributed by atoms with Gasteiger partial charge in [0.2, 0.25) is 0 Å². The lowest BCUT2D eigenvalue weighted by Crippen LogP contribution is -2.52. The first-order valence-corrected chi connectivity index (χ1v) is 8.54. The topological polar surface area (TPSA) is 37.7 Å². The molecular weight excluding hydrogens is 302 g/mol. The summed E-state index contributed by atoms with van der Waals surface area (Å²) in [6, 6.07) is 14.4. The summed E-state index contributed by atoms with van der Waals surface area (Å²) in [7, 11) is 2.04. The Labute approximate surface area is 142 Å². The van der Waals surface area contributed by atoms with Crippen LogP contribution >= 0.6 is 0 Å². The quantitative estimate of drug-likeness (QED) is 0.844. The van der Waals surface area contributed by atoms with Crippen molar-refractivity contribution < 1.29 is 9.53 Å². The number of carbonyl (C=O) groups excluding carboxylic acids is 1. The van der Waals surface area contributed by atoms with E-state index in [-0.39, 0.29) is 18.1 Å². The summed E-state index contributed by atoms with van der Waals surface area (Å²) in [6.45, 7) is 3.71. The molecular formula is C19H23N3O2. The number of benzene rings is 1. The molecule has 2 aliphatic heterocycles. The molecule has 5 nitrogen and oxygen atoms in total. The van der Waals surface area contributed by atoms with Crippen LogP contribution in [0.1, 0.15) is 17.3 Å². The van der Waals surface area contributed by atoms with Crippen molar-refractivity contribution in [3.8, 4) is 0 Å². The molecule has 126 valence electrons. The highest BCUT2D eigenvalue weighted by molar-refractivity contribution is 5.82. The molecule has 0 spiro atoms. The van der Waals surface area contributed by atoms with Crippen LogP contribution in [0.15, 0.2) is 48.7 Å². The van der Waals surface area contributed by atoms with Gasteiger partial charge in [0.25, 0.3) is 5.91 Å². The minimum atomic E-state index is -0.364. The Morgan fingerprint density at radius 1 is 1.08 bits per heavy atom. The number of aromatic nitrogens is 1.